The van der Waals surface area contributed by atoms with Gasteiger partial charge in [0.25, 0.3) is 5.56 Å². The van der Waals surface area contributed by atoms with Crippen molar-refractivity contribution in [3.05, 3.63) is 57.5 Å². The Kier molecular flexibility index (Phi) is 8.95. The molecule has 1 aliphatic rings. The normalized spacial score (nSPS) is 14.6. The van der Waals surface area contributed by atoms with Gasteiger partial charge in [-0.15, -0.1) is 0 Å². The van der Waals surface area contributed by atoms with E-state index in [0.29, 0.717) is 43.4 Å². The molecule has 0 saturated carbocycles. The molecular formula is C24H31ClN4O5. The van der Waals surface area contributed by atoms with Gasteiger partial charge in [0, 0.05) is 30.4 Å². The van der Waals surface area contributed by atoms with Crippen molar-refractivity contribution >= 4 is 35.0 Å². The van der Waals surface area contributed by atoms with Gasteiger partial charge < -0.3 is 29.9 Å². The van der Waals surface area contributed by atoms with Gasteiger partial charge in [0.15, 0.2) is 0 Å². The standard InChI is InChI=1S/C24H31ClN4O5/c1-16(2)13-18(14-21(30)31)26-24(33)27-22-20(28-9-11-34-12-10-28)7-8-29(23(22)32)15-17-5-3-4-6-19(17)25/h3-8,16,18H,9-15H2,1-2H3,(H,30,31)(H2,26,27,33)/t18-/m1/s1. The Balaban J connectivity index is 1.90. The van der Waals surface area contributed by atoms with E-state index in [9.17, 15) is 19.5 Å². The minimum Gasteiger partial charge on any atom is -0.481 e. The van der Waals surface area contributed by atoms with Crippen LogP contribution >= 0.6 is 11.6 Å². The molecular weight excluding hydrogens is 460 g/mol. The van der Waals surface area contributed by atoms with Crippen LogP contribution in [0.5, 0.6) is 0 Å². The van der Waals surface area contributed by atoms with E-state index in [2.05, 4.69) is 10.6 Å². The highest BCUT2D eigenvalue weighted by molar-refractivity contribution is 6.31. The predicted octanol–water partition coefficient (Wildman–Crippen LogP) is 3.40. The quantitative estimate of drug-likeness (QED) is 0.496. The van der Waals surface area contributed by atoms with Crippen molar-refractivity contribution in [3.63, 3.8) is 0 Å². The molecule has 3 N–H and O–H groups in total. The number of halogens is 1. The molecule has 1 aromatic carbocycles. The number of aromatic nitrogens is 1. The van der Waals surface area contributed by atoms with Gasteiger partial charge in [0.2, 0.25) is 0 Å². The summed E-state index contributed by atoms with van der Waals surface area (Å²) in [5, 5.41) is 15.2. The molecule has 1 atom stereocenters. The molecule has 2 amide bonds. The number of rotatable bonds is 9. The monoisotopic (exact) mass is 490 g/mol. The molecule has 184 valence electrons. The SMILES string of the molecule is CC(C)C[C@H](CC(=O)O)NC(=O)Nc1c(N2CCOCC2)ccn(Cc2ccccc2Cl)c1=O. The van der Waals surface area contributed by atoms with Crippen LogP contribution in [0.3, 0.4) is 0 Å². The molecule has 1 aromatic heterocycles. The number of morpholine rings is 1. The second-order valence-electron chi connectivity index (χ2n) is 8.72. The van der Waals surface area contributed by atoms with Crippen molar-refractivity contribution in [1.82, 2.24) is 9.88 Å². The van der Waals surface area contributed by atoms with E-state index in [1.807, 2.05) is 36.9 Å². The second-order valence-corrected chi connectivity index (χ2v) is 9.13. The summed E-state index contributed by atoms with van der Waals surface area (Å²) in [4.78, 5) is 39.5. The van der Waals surface area contributed by atoms with E-state index in [0.717, 1.165) is 5.56 Å². The zero-order chi connectivity index (χ0) is 24.7. The zero-order valence-corrected chi connectivity index (χ0v) is 20.2. The van der Waals surface area contributed by atoms with Crippen LogP contribution in [0.1, 0.15) is 32.3 Å². The highest BCUT2D eigenvalue weighted by Crippen LogP contribution is 2.24. The molecule has 0 radical (unpaired) electrons. The fourth-order valence-corrected chi connectivity index (χ4v) is 4.19. The van der Waals surface area contributed by atoms with Crippen molar-refractivity contribution in [2.45, 2.75) is 39.3 Å². The molecule has 0 spiro atoms. The number of nitrogens with one attached hydrogen (secondary N) is 2. The van der Waals surface area contributed by atoms with Crippen LogP contribution in [0.4, 0.5) is 16.2 Å². The summed E-state index contributed by atoms with van der Waals surface area (Å²) >= 11 is 6.28. The lowest BCUT2D eigenvalue weighted by molar-refractivity contribution is -0.137. The highest BCUT2D eigenvalue weighted by atomic mass is 35.5. The Labute approximate surface area is 203 Å². The zero-order valence-electron chi connectivity index (χ0n) is 19.4. The van der Waals surface area contributed by atoms with Crippen LogP contribution in [0.2, 0.25) is 5.02 Å². The number of hydrogen-bond donors (Lipinski definition) is 3. The molecule has 1 saturated heterocycles. The maximum Gasteiger partial charge on any atom is 0.319 e. The molecule has 9 nitrogen and oxygen atoms in total. The van der Waals surface area contributed by atoms with E-state index in [-0.39, 0.29) is 30.1 Å². The summed E-state index contributed by atoms with van der Waals surface area (Å²) in [6, 6.07) is 7.88. The number of aliphatic carboxylic acids is 1. The first-order valence-corrected chi connectivity index (χ1v) is 11.7. The number of amides is 2. The molecule has 10 heteroatoms. The number of anilines is 2. The van der Waals surface area contributed by atoms with Gasteiger partial charge in [-0.3, -0.25) is 9.59 Å². The summed E-state index contributed by atoms with van der Waals surface area (Å²) in [6.45, 7) is 6.35. The number of carbonyl (C=O) groups is 2. The topological polar surface area (TPSA) is 113 Å². The molecule has 1 aliphatic heterocycles. The van der Waals surface area contributed by atoms with Crippen molar-refractivity contribution in [2.24, 2.45) is 5.92 Å². The second kappa shape index (κ2) is 11.9. The molecule has 2 aromatic rings. The maximum atomic E-state index is 13.5. The number of nitrogens with zero attached hydrogens (tertiary/aromatic N) is 2. The summed E-state index contributed by atoms with van der Waals surface area (Å²) in [5.41, 5.74) is 1.13. The summed E-state index contributed by atoms with van der Waals surface area (Å²) in [5.74, 6) is -0.806. The van der Waals surface area contributed by atoms with Crippen molar-refractivity contribution in [1.29, 1.82) is 0 Å². The summed E-state index contributed by atoms with van der Waals surface area (Å²) in [6.07, 6.45) is 1.99. The number of carboxylic acid groups (broad SMARTS) is 1. The number of carbonyl (C=O) groups excluding carboxylic acids is 1. The van der Waals surface area contributed by atoms with E-state index in [1.165, 1.54) is 4.57 Å². The van der Waals surface area contributed by atoms with Crippen LogP contribution in [-0.4, -0.2) is 54.0 Å². The highest BCUT2D eigenvalue weighted by Gasteiger charge is 2.22. The van der Waals surface area contributed by atoms with Crippen LogP contribution in [0.25, 0.3) is 0 Å². The predicted molar refractivity (Wildman–Crippen MR) is 132 cm³/mol. The minimum atomic E-state index is -0.998. The Bertz CT molecular complexity index is 1070. The van der Waals surface area contributed by atoms with E-state index in [4.69, 9.17) is 16.3 Å². The van der Waals surface area contributed by atoms with Gasteiger partial charge in [-0.2, -0.15) is 0 Å². The third kappa shape index (κ3) is 6.98. The lowest BCUT2D eigenvalue weighted by Crippen LogP contribution is -2.43. The third-order valence-corrected chi connectivity index (χ3v) is 5.91. The molecule has 3 rings (SSSR count). The first-order chi connectivity index (χ1) is 16.2. The summed E-state index contributed by atoms with van der Waals surface area (Å²) < 4.78 is 6.91. The Morgan fingerprint density at radius 2 is 1.88 bits per heavy atom. The van der Waals surface area contributed by atoms with Crippen LogP contribution in [0.15, 0.2) is 41.3 Å². The van der Waals surface area contributed by atoms with Gasteiger partial charge in [-0.1, -0.05) is 43.6 Å². The van der Waals surface area contributed by atoms with Crippen LogP contribution < -0.4 is 21.1 Å². The van der Waals surface area contributed by atoms with Crippen LogP contribution in [-0.2, 0) is 16.1 Å². The number of carboxylic acids is 1. The number of pyridine rings is 1. The molecule has 0 unspecified atom stereocenters. The summed E-state index contributed by atoms with van der Waals surface area (Å²) in [7, 11) is 0. The smallest absolute Gasteiger partial charge is 0.319 e. The molecule has 0 bridgehead atoms. The van der Waals surface area contributed by atoms with Gasteiger partial charge in [-0.05, 0) is 30.0 Å². The van der Waals surface area contributed by atoms with Crippen LogP contribution in [0, 0.1) is 5.92 Å². The number of benzene rings is 1. The third-order valence-electron chi connectivity index (χ3n) is 5.54. The molecule has 1 fully saturated rings. The van der Waals surface area contributed by atoms with Gasteiger partial charge in [-0.25, -0.2) is 4.79 Å². The number of urea groups is 1. The lowest BCUT2D eigenvalue weighted by Gasteiger charge is -2.30. The first-order valence-electron chi connectivity index (χ1n) is 11.3. The fourth-order valence-electron chi connectivity index (χ4n) is 3.99. The first kappa shape index (κ1) is 25.6. The number of hydrogen-bond acceptors (Lipinski definition) is 5. The van der Waals surface area contributed by atoms with Crippen molar-refractivity contribution in [2.75, 3.05) is 36.5 Å². The molecule has 34 heavy (non-hydrogen) atoms. The fraction of sp³-hybridized carbons (Fsp3) is 0.458. The minimum absolute atomic E-state index is 0.132. The van der Waals surface area contributed by atoms with E-state index < -0.39 is 18.0 Å². The van der Waals surface area contributed by atoms with Gasteiger partial charge in [0.1, 0.15) is 5.69 Å². The Morgan fingerprint density at radius 1 is 1.18 bits per heavy atom. The van der Waals surface area contributed by atoms with Crippen molar-refractivity contribution in [3.8, 4) is 0 Å². The Morgan fingerprint density at radius 3 is 2.53 bits per heavy atom. The average Bonchev–Trinajstić information content (AvgIpc) is 2.77. The van der Waals surface area contributed by atoms with Gasteiger partial charge in [0.05, 0.1) is 31.9 Å². The average molecular weight is 491 g/mol. The van der Waals surface area contributed by atoms with E-state index in [1.54, 1.807) is 18.3 Å². The van der Waals surface area contributed by atoms with Gasteiger partial charge >= 0.3 is 12.0 Å². The maximum absolute atomic E-state index is 13.5. The Hall–Kier alpha value is -3.04. The lowest BCUT2D eigenvalue weighted by atomic mass is 10.0. The van der Waals surface area contributed by atoms with Crippen molar-refractivity contribution < 1.29 is 19.4 Å². The number of ether oxygens (including phenoxy) is 1. The molecule has 2 heterocycles. The molecule has 0 aliphatic carbocycles. The largest absolute Gasteiger partial charge is 0.481 e. The van der Waals surface area contributed by atoms with E-state index >= 15 is 0 Å².